The van der Waals surface area contributed by atoms with Crippen molar-refractivity contribution in [3.05, 3.63) is 12.2 Å². The SMILES string of the molecule is CC1COC2(C=CCC2)OC1. The van der Waals surface area contributed by atoms with Gasteiger partial charge in [-0.3, -0.25) is 0 Å². The number of hydrogen-bond donors (Lipinski definition) is 0. The van der Waals surface area contributed by atoms with Crippen molar-refractivity contribution in [1.82, 2.24) is 0 Å². The van der Waals surface area contributed by atoms with Crippen molar-refractivity contribution in [2.24, 2.45) is 5.92 Å². The van der Waals surface area contributed by atoms with Crippen molar-refractivity contribution in [2.45, 2.75) is 25.6 Å². The van der Waals surface area contributed by atoms with Crippen molar-refractivity contribution in [2.75, 3.05) is 13.2 Å². The third kappa shape index (κ3) is 1.33. The number of hydrogen-bond acceptors (Lipinski definition) is 2. The van der Waals surface area contributed by atoms with Crippen LogP contribution in [-0.4, -0.2) is 19.0 Å². The molecule has 1 aliphatic carbocycles. The van der Waals surface area contributed by atoms with Crippen LogP contribution in [0.1, 0.15) is 19.8 Å². The summed E-state index contributed by atoms with van der Waals surface area (Å²) >= 11 is 0. The van der Waals surface area contributed by atoms with Gasteiger partial charge in [0.05, 0.1) is 13.2 Å². The van der Waals surface area contributed by atoms with Crippen molar-refractivity contribution in [1.29, 1.82) is 0 Å². The summed E-state index contributed by atoms with van der Waals surface area (Å²) in [5.41, 5.74) is 0. The maximum Gasteiger partial charge on any atom is 0.188 e. The molecule has 2 rings (SSSR count). The van der Waals surface area contributed by atoms with E-state index in [1.165, 1.54) is 0 Å². The molecule has 0 bridgehead atoms. The van der Waals surface area contributed by atoms with E-state index in [9.17, 15) is 0 Å². The summed E-state index contributed by atoms with van der Waals surface area (Å²) in [7, 11) is 0. The first kappa shape index (κ1) is 7.32. The van der Waals surface area contributed by atoms with Gasteiger partial charge in [0.15, 0.2) is 5.79 Å². The second-order valence-electron chi connectivity index (χ2n) is 3.48. The van der Waals surface area contributed by atoms with E-state index in [-0.39, 0.29) is 5.79 Å². The average Bonchev–Trinajstić information content (AvgIpc) is 2.45. The average molecular weight is 154 g/mol. The third-order valence-corrected chi connectivity index (χ3v) is 2.26. The van der Waals surface area contributed by atoms with Crippen LogP contribution < -0.4 is 0 Å². The Morgan fingerprint density at radius 1 is 1.36 bits per heavy atom. The van der Waals surface area contributed by atoms with Gasteiger partial charge in [-0.05, 0) is 12.5 Å². The quantitative estimate of drug-likeness (QED) is 0.494. The van der Waals surface area contributed by atoms with Crippen molar-refractivity contribution in [3.8, 4) is 0 Å². The van der Waals surface area contributed by atoms with Crippen LogP contribution in [0.5, 0.6) is 0 Å². The van der Waals surface area contributed by atoms with E-state index < -0.39 is 0 Å². The van der Waals surface area contributed by atoms with E-state index in [2.05, 4.69) is 19.1 Å². The van der Waals surface area contributed by atoms with Gasteiger partial charge in [-0.1, -0.05) is 13.0 Å². The van der Waals surface area contributed by atoms with Crippen LogP contribution in [0.3, 0.4) is 0 Å². The van der Waals surface area contributed by atoms with Crippen LogP contribution in [0, 0.1) is 5.92 Å². The Morgan fingerprint density at radius 2 is 2.09 bits per heavy atom. The molecule has 1 spiro atoms. The Kier molecular flexibility index (Phi) is 1.74. The molecule has 11 heavy (non-hydrogen) atoms. The second kappa shape index (κ2) is 2.61. The Hall–Kier alpha value is -0.340. The monoisotopic (exact) mass is 154 g/mol. The molecule has 0 amide bonds. The lowest BCUT2D eigenvalue weighted by molar-refractivity contribution is -0.250. The van der Waals surface area contributed by atoms with Crippen LogP contribution in [0.4, 0.5) is 0 Å². The molecule has 0 atom stereocenters. The summed E-state index contributed by atoms with van der Waals surface area (Å²) in [6.07, 6.45) is 6.28. The molecule has 0 unspecified atom stereocenters. The predicted octanol–water partition coefficient (Wildman–Crippen LogP) is 1.72. The Bertz CT molecular complexity index is 166. The second-order valence-corrected chi connectivity index (χ2v) is 3.48. The van der Waals surface area contributed by atoms with Crippen LogP contribution >= 0.6 is 0 Å². The highest BCUT2D eigenvalue weighted by atomic mass is 16.7. The van der Waals surface area contributed by atoms with Gasteiger partial charge in [0, 0.05) is 12.3 Å². The third-order valence-electron chi connectivity index (χ3n) is 2.26. The van der Waals surface area contributed by atoms with Crippen molar-refractivity contribution < 1.29 is 9.47 Å². The summed E-state index contributed by atoms with van der Waals surface area (Å²) in [4.78, 5) is 0. The van der Waals surface area contributed by atoms with E-state index in [1.807, 2.05) is 0 Å². The van der Waals surface area contributed by atoms with Gasteiger partial charge >= 0.3 is 0 Å². The molecule has 0 aromatic carbocycles. The molecule has 2 aliphatic rings. The molecule has 1 aliphatic heterocycles. The molecule has 2 nitrogen and oxygen atoms in total. The first-order chi connectivity index (χ1) is 5.31. The van der Waals surface area contributed by atoms with Gasteiger partial charge in [-0.15, -0.1) is 0 Å². The smallest absolute Gasteiger partial charge is 0.188 e. The molecule has 0 N–H and O–H groups in total. The molecule has 1 heterocycles. The lowest BCUT2D eigenvalue weighted by Crippen LogP contribution is -2.40. The van der Waals surface area contributed by atoms with E-state index in [1.54, 1.807) is 0 Å². The van der Waals surface area contributed by atoms with Crippen LogP contribution in [0.25, 0.3) is 0 Å². The van der Waals surface area contributed by atoms with Gasteiger partial charge in [0.25, 0.3) is 0 Å². The first-order valence-corrected chi connectivity index (χ1v) is 4.26. The molecule has 2 heteroatoms. The molecule has 0 radical (unpaired) electrons. The zero-order chi connectivity index (χ0) is 7.73. The fourth-order valence-corrected chi connectivity index (χ4v) is 1.53. The fourth-order valence-electron chi connectivity index (χ4n) is 1.53. The minimum atomic E-state index is -0.327. The summed E-state index contributed by atoms with van der Waals surface area (Å²) in [6.45, 7) is 3.82. The van der Waals surface area contributed by atoms with E-state index in [0.717, 1.165) is 26.1 Å². The van der Waals surface area contributed by atoms with E-state index in [4.69, 9.17) is 9.47 Å². The molecular weight excluding hydrogens is 140 g/mol. The summed E-state index contributed by atoms with van der Waals surface area (Å²) in [6, 6.07) is 0. The van der Waals surface area contributed by atoms with Gasteiger partial charge < -0.3 is 9.47 Å². The summed E-state index contributed by atoms with van der Waals surface area (Å²) < 4.78 is 11.3. The van der Waals surface area contributed by atoms with Gasteiger partial charge in [-0.25, -0.2) is 0 Å². The summed E-state index contributed by atoms with van der Waals surface area (Å²) in [5.74, 6) is 0.224. The lowest BCUT2D eigenvalue weighted by Gasteiger charge is -2.35. The van der Waals surface area contributed by atoms with Crippen LogP contribution in [0.15, 0.2) is 12.2 Å². The maximum absolute atomic E-state index is 5.63. The molecule has 0 saturated carbocycles. The van der Waals surface area contributed by atoms with Gasteiger partial charge in [-0.2, -0.15) is 0 Å². The minimum Gasteiger partial charge on any atom is -0.346 e. The molecule has 1 fully saturated rings. The molecule has 0 aromatic heterocycles. The normalized spacial score (nSPS) is 43.5. The molecule has 62 valence electrons. The van der Waals surface area contributed by atoms with Crippen molar-refractivity contribution >= 4 is 0 Å². The van der Waals surface area contributed by atoms with Crippen LogP contribution in [0.2, 0.25) is 0 Å². The number of rotatable bonds is 0. The Morgan fingerprint density at radius 3 is 2.64 bits per heavy atom. The highest BCUT2D eigenvalue weighted by molar-refractivity contribution is 5.05. The summed E-state index contributed by atoms with van der Waals surface area (Å²) in [5, 5.41) is 0. The number of ether oxygens (including phenoxy) is 2. The highest BCUT2D eigenvalue weighted by Gasteiger charge is 2.35. The van der Waals surface area contributed by atoms with Crippen molar-refractivity contribution in [3.63, 3.8) is 0 Å². The number of allylic oxidation sites excluding steroid dienone is 1. The molecule has 1 saturated heterocycles. The molecule has 0 aromatic rings. The lowest BCUT2D eigenvalue weighted by atomic mass is 10.1. The zero-order valence-corrected chi connectivity index (χ0v) is 6.88. The Balaban J connectivity index is 2.00. The highest BCUT2D eigenvalue weighted by Crippen LogP contribution is 2.32. The van der Waals surface area contributed by atoms with Gasteiger partial charge in [0.2, 0.25) is 0 Å². The van der Waals surface area contributed by atoms with E-state index >= 15 is 0 Å². The Labute approximate surface area is 67.2 Å². The molecular formula is C9H14O2. The maximum atomic E-state index is 5.63. The standard InChI is InChI=1S/C9H14O2/c1-8-6-10-9(11-7-8)4-2-3-5-9/h2,4,8H,3,5-7H2,1H3. The largest absolute Gasteiger partial charge is 0.346 e. The first-order valence-electron chi connectivity index (χ1n) is 4.26. The minimum absolute atomic E-state index is 0.327. The predicted molar refractivity (Wildman–Crippen MR) is 42.2 cm³/mol. The van der Waals surface area contributed by atoms with Crippen LogP contribution in [-0.2, 0) is 9.47 Å². The van der Waals surface area contributed by atoms with E-state index in [0.29, 0.717) is 5.92 Å². The fraction of sp³-hybridized carbons (Fsp3) is 0.778. The zero-order valence-electron chi connectivity index (χ0n) is 6.88. The van der Waals surface area contributed by atoms with Gasteiger partial charge in [0.1, 0.15) is 0 Å². The topological polar surface area (TPSA) is 18.5 Å².